The van der Waals surface area contributed by atoms with E-state index in [1.54, 1.807) is 0 Å². The van der Waals surface area contributed by atoms with Gasteiger partial charge in [0.15, 0.2) is 0 Å². The van der Waals surface area contributed by atoms with Gasteiger partial charge >= 0.3 is 0 Å². The van der Waals surface area contributed by atoms with Crippen molar-refractivity contribution in [3.63, 3.8) is 0 Å². The molecule has 2 heteroatoms. The van der Waals surface area contributed by atoms with Crippen molar-refractivity contribution in [2.75, 3.05) is 13.2 Å². The molecule has 1 N–H and O–H groups in total. The van der Waals surface area contributed by atoms with Crippen LogP contribution in [0.4, 0.5) is 0 Å². The van der Waals surface area contributed by atoms with E-state index in [1.165, 1.54) is 5.57 Å². The lowest BCUT2D eigenvalue weighted by Crippen LogP contribution is -2.34. The highest BCUT2D eigenvalue weighted by molar-refractivity contribution is 4.95. The molecule has 0 radical (unpaired) electrons. The van der Waals surface area contributed by atoms with Gasteiger partial charge < -0.3 is 10.1 Å². The Balaban J connectivity index is 2.18. The first-order valence-electron chi connectivity index (χ1n) is 4.68. The van der Waals surface area contributed by atoms with E-state index < -0.39 is 0 Å². The van der Waals surface area contributed by atoms with Crippen LogP contribution in [-0.4, -0.2) is 25.3 Å². The first-order chi connectivity index (χ1) is 5.70. The van der Waals surface area contributed by atoms with Crippen LogP contribution in [0, 0.1) is 0 Å². The fourth-order valence-corrected chi connectivity index (χ4v) is 1.41. The summed E-state index contributed by atoms with van der Waals surface area (Å²) in [6.45, 7) is 8.26. The number of rotatable bonds is 3. The highest BCUT2D eigenvalue weighted by Gasteiger charge is 2.22. The molecule has 1 heterocycles. The minimum absolute atomic E-state index is 0.385. The zero-order valence-corrected chi connectivity index (χ0v) is 8.26. The third-order valence-corrected chi connectivity index (χ3v) is 2.27. The maximum absolute atomic E-state index is 5.44. The summed E-state index contributed by atoms with van der Waals surface area (Å²) in [4.78, 5) is 0. The van der Waals surface area contributed by atoms with Crippen molar-refractivity contribution in [1.82, 2.24) is 5.32 Å². The van der Waals surface area contributed by atoms with Gasteiger partial charge in [0.2, 0.25) is 0 Å². The number of ether oxygens (including phenoxy) is 1. The molecule has 70 valence electrons. The Morgan fingerprint density at radius 3 is 2.83 bits per heavy atom. The third kappa shape index (κ3) is 2.95. The Kier molecular flexibility index (Phi) is 3.76. The van der Waals surface area contributed by atoms with Crippen molar-refractivity contribution in [3.05, 3.63) is 11.6 Å². The van der Waals surface area contributed by atoms with E-state index in [2.05, 4.69) is 32.2 Å². The zero-order chi connectivity index (χ0) is 8.97. The molecule has 0 spiro atoms. The highest BCUT2D eigenvalue weighted by Crippen LogP contribution is 2.11. The van der Waals surface area contributed by atoms with E-state index in [0.29, 0.717) is 12.1 Å². The highest BCUT2D eigenvalue weighted by atomic mass is 16.5. The molecule has 0 bridgehead atoms. The van der Waals surface area contributed by atoms with E-state index in [1.807, 2.05) is 0 Å². The maximum atomic E-state index is 5.44. The van der Waals surface area contributed by atoms with Crippen molar-refractivity contribution < 1.29 is 4.74 Å². The third-order valence-electron chi connectivity index (χ3n) is 2.27. The lowest BCUT2D eigenvalue weighted by Gasteiger charge is -2.14. The zero-order valence-electron chi connectivity index (χ0n) is 8.26. The van der Waals surface area contributed by atoms with E-state index >= 15 is 0 Å². The number of nitrogens with one attached hydrogen (secondary N) is 1. The summed E-state index contributed by atoms with van der Waals surface area (Å²) in [7, 11) is 0. The molecule has 1 saturated heterocycles. The summed E-state index contributed by atoms with van der Waals surface area (Å²) in [5.41, 5.74) is 1.37. The van der Waals surface area contributed by atoms with Crippen LogP contribution in [0.25, 0.3) is 0 Å². The van der Waals surface area contributed by atoms with Crippen LogP contribution in [-0.2, 0) is 4.74 Å². The molecule has 12 heavy (non-hydrogen) atoms. The molecule has 0 aromatic heterocycles. The standard InChI is InChI=1S/C10H19NO/c1-8(2)4-6-11-10-5-7-12-9(10)3/h4,9-11H,5-7H2,1-3H3. The van der Waals surface area contributed by atoms with Gasteiger partial charge in [0.05, 0.1) is 6.10 Å². The van der Waals surface area contributed by atoms with Gasteiger partial charge in [-0.2, -0.15) is 0 Å². The largest absolute Gasteiger partial charge is 0.377 e. The number of hydrogen-bond acceptors (Lipinski definition) is 2. The molecule has 0 aliphatic carbocycles. The molecule has 0 aromatic carbocycles. The van der Waals surface area contributed by atoms with Crippen LogP contribution in [0.1, 0.15) is 27.2 Å². The fraction of sp³-hybridized carbons (Fsp3) is 0.800. The second kappa shape index (κ2) is 4.63. The summed E-state index contributed by atoms with van der Waals surface area (Å²) >= 11 is 0. The molecule has 0 amide bonds. The van der Waals surface area contributed by atoms with Crippen molar-refractivity contribution >= 4 is 0 Å². The van der Waals surface area contributed by atoms with E-state index in [9.17, 15) is 0 Å². The Morgan fingerprint density at radius 2 is 2.33 bits per heavy atom. The van der Waals surface area contributed by atoms with Gasteiger partial charge in [0.1, 0.15) is 0 Å². The van der Waals surface area contributed by atoms with Gasteiger partial charge in [-0.15, -0.1) is 0 Å². The molecular weight excluding hydrogens is 150 g/mol. The monoisotopic (exact) mass is 169 g/mol. The molecule has 0 aromatic rings. The van der Waals surface area contributed by atoms with Crippen molar-refractivity contribution in [2.45, 2.75) is 39.3 Å². The molecule has 1 aliphatic heterocycles. The summed E-state index contributed by atoms with van der Waals surface area (Å²) in [6, 6.07) is 0.556. The summed E-state index contributed by atoms with van der Waals surface area (Å²) in [5, 5.41) is 3.46. The predicted octanol–water partition coefficient (Wildman–Crippen LogP) is 1.72. The molecule has 2 nitrogen and oxygen atoms in total. The smallest absolute Gasteiger partial charge is 0.0700 e. The Morgan fingerprint density at radius 1 is 1.58 bits per heavy atom. The fourth-order valence-electron chi connectivity index (χ4n) is 1.41. The second-order valence-electron chi connectivity index (χ2n) is 3.66. The lowest BCUT2D eigenvalue weighted by molar-refractivity contribution is 0.114. The first kappa shape index (κ1) is 9.75. The minimum atomic E-state index is 0.385. The normalized spacial score (nSPS) is 28.9. The quantitative estimate of drug-likeness (QED) is 0.649. The molecule has 2 atom stereocenters. The molecular formula is C10H19NO. The molecule has 1 aliphatic rings. The molecule has 1 fully saturated rings. The SMILES string of the molecule is CC(C)=CCNC1CCOC1C. The average Bonchev–Trinajstić information content (AvgIpc) is 2.36. The Bertz CT molecular complexity index is 161. The number of allylic oxidation sites excluding steroid dienone is 1. The molecule has 1 rings (SSSR count). The van der Waals surface area contributed by atoms with E-state index in [4.69, 9.17) is 4.74 Å². The van der Waals surface area contributed by atoms with Gasteiger partial charge in [-0.05, 0) is 27.2 Å². The van der Waals surface area contributed by atoms with Crippen LogP contribution in [0.3, 0.4) is 0 Å². The average molecular weight is 169 g/mol. The van der Waals surface area contributed by atoms with Gasteiger partial charge in [-0.25, -0.2) is 0 Å². The summed E-state index contributed by atoms with van der Waals surface area (Å²) in [5.74, 6) is 0. The van der Waals surface area contributed by atoms with E-state index in [0.717, 1.165) is 19.6 Å². The van der Waals surface area contributed by atoms with Crippen molar-refractivity contribution in [2.24, 2.45) is 0 Å². The van der Waals surface area contributed by atoms with Gasteiger partial charge in [0, 0.05) is 19.2 Å². The van der Waals surface area contributed by atoms with Gasteiger partial charge in [-0.1, -0.05) is 11.6 Å². The van der Waals surface area contributed by atoms with E-state index in [-0.39, 0.29) is 0 Å². The van der Waals surface area contributed by atoms with Crippen LogP contribution in [0.2, 0.25) is 0 Å². The van der Waals surface area contributed by atoms with Gasteiger partial charge in [0.25, 0.3) is 0 Å². The molecule has 0 saturated carbocycles. The van der Waals surface area contributed by atoms with Crippen LogP contribution < -0.4 is 5.32 Å². The predicted molar refractivity (Wildman–Crippen MR) is 51.3 cm³/mol. The Labute approximate surface area is 75.0 Å². The summed E-state index contributed by atoms with van der Waals surface area (Å²) < 4.78 is 5.44. The number of hydrogen-bond donors (Lipinski definition) is 1. The maximum Gasteiger partial charge on any atom is 0.0700 e. The minimum Gasteiger partial charge on any atom is -0.377 e. The lowest BCUT2D eigenvalue weighted by atomic mass is 10.1. The summed E-state index contributed by atoms with van der Waals surface area (Å²) in [6.07, 6.45) is 3.75. The van der Waals surface area contributed by atoms with Crippen molar-refractivity contribution in [3.8, 4) is 0 Å². The van der Waals surface area contributed by atoms with Gasteiger partial charge in [-0.3, -0.25) is 0 Å². The second-order valence-corrected chi connectivity index (χ2v) is 3.66. The topological polar surface area (TPSA) is 21.3 Å². The first-order valence-corrected chi connectivity index (χ1v) is 4.68. The molecule has 2 unspecified atom stereocenters. The van der Waals surface area contributed by atoms with Crippen molar-refractivity contribution in [1.29, 1.82) is 0 Å². The van der Waals surface area contributed by atoms with Crippen LogP contribution in [0.5, 0.6) is 0 Å². The van der Waals surface area contributed by atoms with Crippen LogP contribution >= 0.6 is 0 Å². The Hall–Kier alpha value is -0.340. The van der Waals surface area contributed by atoms with Crippen LogP contribution in [0.15, 0.2) is 11.6 Å².